The molecule has 0 aliphatic rings. The Morgan fingerprint density at radius 1 is 1.27 bits per heavy atom. The molecule has 0 amide bonds. The predicted molar refractivity (Wildman–Crippen MR) is 126 cm³/mol. The third-order valence-electron chi connectivity index (χ3n) is 4.18. The molecule has 1 atom stereocenters. The fourth-order valence-corrected chi connectivity index (χ4v) is 4.43. The fourth-order valence-electron chi connectivity index (χ4n) is 2.66. The van der Waals surface area contributed by atoms with Gasteiger partial charge in [-0.05, 0) is 74.7 Å². The van der Waals surface area contributed by atoms with Crippen LogP contribution in [0.15, 0.2) is 53.6 Å². The molecular weight excluding hydrogens is 586 g/mol. The Morgan fingerprint density at radius 3 is 2.53 bits per heavy atom. The highest BCUT2D eigenvalue weighted by Gasteiger charge is 2.17. The van der Waals surface area contributed by atoms with Gasteiger partial charge in [-0.15, -0.1) is 0 Å². The Labute approximate surface area is 197 Å². The van der Waals surface area contributed by atoms with E-state index in [2.05, 4.69) is 57.9 Å². The minimum atomic E-state index is -1.07. The molecule has 7 nitrogen and oxygen atoms in total. The highest BCUT2D eigenvalue weighted by molar-refractivity contribution is 9.11. The fraction of sp³-hybridized carbons (Fsp3) is 0.200. The van der Waals surface area contributed by atoms with Gasteiger partial charge in [0.15, 0.2) is 6.10 Å². The lowest BCUT2D eigenvalue weighted by molar-refractivity contribution is -0.144. The molecule has 0 spiro atoms. The first-order chi connectivity index (χ1) is 14.2. The normalized spacial score (nSPS) is 12.4. The number of carboxylic acids is 1. The van der Waals surface area contributed by atoms with Gasteiger partial charge in [0.25, 0.3) is 5.56 Å². The number of rotatable bonds is 6. The van der Waals surface area contributed by atoms with Crippen molar-refractivity contribution in [2.45, 2.75) is 26.4 Å². The van der Waals surface area contributed by atoms with Gasteiger partial charge in [0.2, 0.25) is 0 Å². The van der Waals surface area contributed by atoms with E-state index in [0.29, 0.717) is 43.4 Å². The summed E-state index contributed by atoms with van der Waals surface area (Å²) >= 11 is 10.2. The zero-order valence-electron chi connectivity index (χ0n) is 15.9. The van der Waals surface area contributed by atoms with E-state index >= 15 is 0 Å². The molecule has 2 aromatic carbocycles. The van der Waals surface area contributed by atoms with E-state index in [1.54, 1.807) is 24.3 Å². The number of fused-ring (bicyclic) bond motifs is 1. The first-order valence-electron chi connectivity index (χ1n) is 8.85. The Morgan fingerprint density at radius 2 is 1.93 bits per heavy atom. The van der Waals surface area contributed by atoms with Crippen molar-refractivity contribution >= 4 is 70.9 Å². The third kappa shape index (κ3) is 4.81. The van der Waals surface area contributed by atoms with Gasteiger partial charge in [0.1, 0.15) is 11.6 Å². The van der Waals surface area contributed by atoms with Crippen molar-refractivity contribution in [3.63, 3.8) is 0 Å². The molecule has 156 valence electrons. The second-order valence-corrected chi connectivity index (χ2v) is 8.94. The summed E-state index contributed by atoms with van der Waals surface area (Å²) in [4.78, 5) is 28.5. The molecule has 3 rings (SSSR count). The number of ether oxygens (including phenoxy) is 1. The largest absolute Gasteiger partial charge is 0.479 e. The average Bonchev–Trinajstić information content (AvgIpc) is 2.70. The summed E-state index contributed by atoms with van der Waals surface area (Å²) in [5, 5.41) is 13.9. The van der Waals surface area contributed by atoms with Crippen molar-refractivity contribution in [3.05, 3.63) is 65.5 Å². The maximum absolute atomic E-state index is 12.9. The first kappa shape index (κ1) is 22.6. The average molecular weight is 602 g/mol. The zero-order valence-corrected chi connectivity index (χ0v) is 20.7. The van der Waals surface area contributed by atoms with Gasteiger partial charge in [-0.3, -0.25) is 4.79 Å². The smallest absolute Gasteiger partial charge is 0.344 e. The number of benzene rings is 2. The number of nitrogens with zero attached hydrogens (tertiary/aromatic N) is 3. The van der Waals surface area contributed by atoms with Crippen LogP contribution in [-0.2, 0) is 11.2 Å². The summed E-state index contributed by atoms with van der Waals surface area (Å²) in [5.74, 6) is -0.161. The SMILES string of the molecule is CCc1nc2ccc(Br)cc2c(=O)n1N=Cc1cc(Br)c(O[C@@H](C)C(=O)O)c(Br)c1. The van der Waals surface area contributed by atoms with E-state index in [9.17, 15) is 9.59 Å². The molecule has 0 aliphatic heterocycles. The molecule has 10 heteroatoms. The molecule has 0 radical (unpaired) electrons. The second kappa shape index (κ2) is 9.40. The lowest BCUT2D eigenvalue weighted by Crippen LogP contribution is -2.23. The number of halogens is 3. The van der Waals surface area contributed by atoms with Crippen LogP contribution in [0.1, 0.15) is 25.2 Å². The van der Waals surface area contributed by atoms with E-state index in [1.807, 2.05) is 13.0 Å². The van der Waals surface area contributed by atoms with E-state index in [0.717, 1.165) is 4.47 Å². The molecule has 1 heterocycles. The van der Waals surface area contributed by atoms with Gasteiger partial charge in [-0.25, -0.2) is 9.78 Å². The van der Waals surface area contributed by atoms with Crippen molar-refractivity contribution in [3.8, 4) is 5.75 Å². The van der Waals surface area contributed by atoms with Crippen LogP contribution < -0.4 is 10.3 Å². The standard InChI is InChI=1S/C20H16Br3N3O4/c1-3-17-25-16-5-4-12(21)8-13(16)19(27)26(17)24-9-11-6-14(22)18(15(23)7-11)30-10(2)20(28)29/h4-10H,3H2,1-2H3,(H,28,29)/t10-/m0/s1. The topological polar surface area (TPSA) is 93.8 Å². The summed E-state index contributed by atoms with van der Waals surface area (Å²) in [6.07, 6.45) is 1.06. The lowest BCUT2D eigenvalue weighted by atomic mass is 10.2. The van der Waals surface area contributed by atoms with Crippen LogP contribution in [0.25, 0.3) is 10.9 Å². The quantitative estimate of drug-likeness (QED) is 0.402. The van der Waals surface area contributed by atoms with Crippen molar-refractivity contribution in [2.24, 2.45) is 5.10 Å². The van der Waals surface area contributed by atoms with Crippen molar-refractivity contribution in [1.29, 1.82) is 0 Å². The molecule has 0 aliphatic carbocycles. The van der Waals surface area contributed by atoms with Crippen LogP contribution in [0.4, 0.5) is 0 Å². The highest BCUT2D eigenvalue weighted by Crippen LogP contribution is 2.35. The minimum Gasteiger partial charge on any atom is -0.479 e. The van der Waals surface area contributed by atoms with Crippen LogP contribution >= 0.6 is 47.8 Å². The summed E-state index contributed by atoms with van der Waals surface area (Å²) in [5.41, 5.74) is 1.03. The van der Waals surface area contributed by atoms with Gasteiger partial charge in [-0.1, -0.05) is 22.9 Å². The maximum Gasteiger partial charge on any atom is 0.344 e. The molecule has 1 aromatic heterocycles. The Balaban J connectivity index is 2.01. The van der Waals surface area contributed by atoms with Crippen LogP contribution in [0.2, 0.25) is 0 Å². The number of hydrogen-bond donors (Lipinski definition) is 1. The van der Waals surface area contributed by atoms with Gasteiger partial charge in [-0.2, -0.15) is 9.78 Å². The lowest BCUT2D eigenvalue weighted by Gasteiger charge is -2.14. The second-order valence-electron chi connectivity index (χ2n) is 6.32. The van der Waals surface area contributed by atoms with Gasteiger partial charge >= 0.3 is 5.97 Å². The van der Waals surface area contributed by atoms with E-state index < -0.39 is 12.1 Å². The van der Waals surface area contributed by atoms with Gasteiger partial charge < -0.3 is 9.84 Å². The number of carbonyl (C=O) groups is 1. The predicted octanol–water partition coefficient (Wildman–Crippen LogP) is 4.98. The molecule has 0 bridgehead atoms. The number of aliphatic carboxylic acids is 1. The van der Waals surface area contributed by atoms with E-state index in [4.69, 9.17) is 9.84 Å². The maximum atomic E-state index is 12.9. The van der Waals surface area contributed by atoms with E-state index in [1.165, 1.54) is 17.8 Å². The van der Waals surface area contributed by atoms with Crippen LogP contribution in [-0.4, -0.2) is 33.1 Å². The van der Waals surface area contributed by atoms with Crippen LogP contribution in [0.5, 0.6) is 5.75 Å². The molecule has 1 N–H and O–H groups in total. The van der Waals surface area contributed by atoms with Crippen molar-refractivity contribution < 1.29 is 14.6 Å². The third-order valence-corrected chi connectivity index (χ3v) is 5.85. The monoisotopic (exact) mass is 599 g/mol. The van der Waals surface area contributed by atoms with Crippen LogP contribution in [0.3, 0.4) is 0 Å². The number of carboxylic acid groups (broad SMARTS) is 1. The number of aromatic nitrogens is 2. The van der Waals surface area contributed by atoms with Crippen molar-refractivity contribution in [1.82, 2.24) is 9.66 Å². The van der Waals surface area contributed by atoms with Gasteiger partial charge in [0, 0.05) is 10.9 Å². The first-order valence-corrected chi connectivity index (χ1v) is 11.2. The molecule has 0 fully saturated rings. The molecule has 3 aromatic rings. The van der Waals surface area contributed by atoms with Crippen molar-refractivity contribution in [2.75, 3.05) is 0 Å². The molecule has 0 unspecified atom stereocenters. The number of aryl methyl sites for hydroxylation is 1. The Hall–Kier alpha value is -2.04. The minimum absolute atomic E-state index is 0.261. The van der Waals surface area contributed by atoms with E-state index in [-0.39, 0.29) is 5.56 Å². The summed E-state index contributed by atoms with van der Waals surface area (Å²) in [6, 6.07) is 8.80. The Bertz CT molecular complexity index is 1200. The van der Waals surface area contributed by atoms with Gasteiger partial charge in [0.05, 0.1) is 26.1 Å². The summed E-state index contributed by atoms with van der Waals surface area (Å²) in [7, 11) is 0. The molecule has 30 heavy (non-hydrogen) atoms. The molecule has 0 saturated carbocycles. The zero-order chi connectivity index (χ0) is 22.0. The number of hydrogen-bond acceptors (Lipinski definition) is 5. The Kier molecular flexibility index (Phi) is 7.10. The highest BCUT2D eigenvalue weighted by atomic mass is 79.9. The molecule has 0 saturated heterocycles. The van der Waals surface area contributed by atoms with Crippen LogP contribution in [0, 0.1) is 0 Å². The summed E-state index contributed by atoms with van der Waals surface area (Å²) in [6.45, 7) is 3.35. The molecular formula is C20H16Br3N3O4. The summed E-state index contributed by atoms with van der Waals surface area (Å²) < 4.78 is 8.63.